The number of para-hydroxylation sites is 1. The van der Waals surface area contributed by atoms with E-state index in [1.54, 1.807) is 30.5 Å². The Labute approximate surface area is 195 Å². The second-order valence-corrected chi connectivity index (χ2v) is 7.94. The van der Waals surface area contributed by atoms with E-state index in [0.717, 1.165) is 37.8 Å². The van der Waals surface area contributed by atoms with E-state index in [9.17, 15) is 18.0 Å². The van der Waals surface area contributed by atoms with E-state index in [2.05, 4.69) is 30.8 Å². The van der Waals surface area contributed by atoms with Gasteiger partial charge in [-0.1, -0.05) is 12.1 Å². The van der Waals surface area contributed by atoms with Gasteiger partial charge < -0.3 is 20.9 Å². The van der Waals surface area contributed by atoms with Crippen LogP contribution < -0.4 is 20.9 Å². The number of nitrogens with zero attached hydrogens (tertiary/aromatic N) is 3. The average Bonchev–Trinajstić information content (AvgIpc) is 2.84. The zero-order valence-electron chi connectivity index (χ0n) is 18.6. The molecule has 0 unspecified atom stereocenters. The number of hydrogen-bond donors (Lipinski definition) is 3. The van der Waals surface area contributed by atoms with Gasteiger partial charge in [0.05, 0.1) is 34.4 Å². The number of pyridine rings is 2. The van der Waals surface area contributed by atoms with Crippen LogP contribution in [0.3, 0.4) is 0 Å². The van der Waals surface area contributed by atoms with Gasteiger partial charge in [0.2, 0.25) is 0 Å². The number of carbonyl (C=O) groups is 1. The first-order valence-electron chi connectivity index (χ1n) is 11.0. The Bertz CT molecular complexity index is 1140. The molecule has 2 aromatic heterocycles. The molecule has 1 saturated heterocycles. The van der Waals surface area contributed by atoms with Gasteiger partial charge in [-0.2, -0.15) is 13.2 Å². The van der Waals surface area contributed by atoms with Crippen molar-refractivity contribution in [3.05, 3.63) is 66.0 Å². The third kappa shape index (κ3) is 5.38. The molecular weight excluding hydrogens is 445 g/mol. The molecule has 1 fully saturated rings. The number of nitrogens with one attached hydrogen (secondary N) is 3. The summed E-state index contributed by atoms with van der Waals surface area (Å²) in [4.78, 5) is 22.7. The molecule has 7 nitrogen and oxygen atoms in total. The molecule has 178 valence electrons. The van der Waals surface area contributed by atoms with Gasteiger partial charge in [0.15, 0.2) is 0 Å². The van der Waals surface area contributed by atoms with Crippen molar-refractivity contribution in [2.45, 2.75) is 25.4 Å². The van der Waals surface area contributed by atoms with Crippen molar-refractivity contribution in [2.75, 3.05) is 35.7 Å². The Morgan fingerprint density at radius 3 is 2.32 bits per heavy atom. The monoisotopic (exact) mass is 470 g/mol. The molecular formula is C24H25F3N6O. The quantitative estimate of drug-likeness (QED) is 0.452. The van der Waals surface area contributed by atoms with Crippen molar-refractivity contribution in [2.24, 2.45) is 0 Å². The lowest BCUT2D eigenvalue weighted by molar-refractivity contribution is -0.137. The number of amides is 1. The molecule has 1 aromatic carbocycles. The van der Waals surface area contributed by atoms with Crippen molar-refractivity contribution in [1.29, 1.82) is 0 Å². The summed E-state index contributed by atoms with van der Waals surface area (Å²) in [5.41, 5.74) is 0.302. The Kier molecular flexibility index (Phi) is 6.85. The number of hydrogen-bond acceptors (Lipinski definition) is 6. The summed E-state index contributed by atoms with van der Waals surface area (Å²) in [7, 11) is 1.46. The van der Waals surface area contributed by atoms with E-state index in [1.165, 1.54) is 25.6 Å². The highest BCUT2D eigenvalue weighted by molar-refractivity contribution is 6.00. The Morgan fingerprint density at radius 2 is 1.65 bits per heavy atom. The molecule has 0 bridgehead atoms. The normalized spacial score (nSPS) is 13.9. The lowest BCUT2D eigenvalue weighted by Gasteiger charge is -2.28. The van der Waals surface area contributed by atoms with Crippen LogP contribution in [-0.4, -0.2) is 36.0 Å². The van der Waals surface area contributed by atoms with Gasteiger partial charge >= 0.3 is 6.18 Å². The molecule has 3 N–H and O–H groups in total. The van der Waals surface area contributed by atoms with Crippen LogP contribution in [0.1, 0.15) is 35.2 Å². The van der Waals surface area contributed by atoms with Gasteiger partial charge in [0.25, 0.3) is 5.91 Å². The minimum atomic E-state index is -4.63. The highest BCUT2D eigenvalue weighted by atomic mass is 19.4. The van der Waals surface area contributed by atoms with Crippen molar-refractivity contribution in [1.82, 2.24) is 15.3 Å². The maximum absolute atomic E-state index is 13.7. The van der Waals surface area contributed by atoms with Crippen molar-refractivity contribution in [3.63, 3.8) is 0 Å². The molecule has 0 spiro atoms. The zero-order chi connectivity index (χ0) is 24.1. The first kappa shape index (κ1) is 23.3. The number of anilines is 5. The third-order valence-electron chi connectivity index (χ3n) is 5.60. The zero-order valence-corrected chi connectivity index (χ0v) is 18.6. The van der Waals surface area contributed by atoms with Crippen LogP contribution in [0.15, 0.2) is 54.9 Å². The molecule has 1 aliphatic heterocycles. The predicted octanol–water partition coefficient (Wildman–Crippen LogP) is 5.33. The molecule has 0 radical (unpaired) electrons. The number of halogens is 3. The lowest BCUT2D eigenvalue weighted by atomic mass is 10.1. The minimum absolute atomic E-state index is 0.186. The predicted molar refractivity (Wildman–Crippen MR) is 126 cm³/mol. The van der Waals surface area contributed by atoms with E-state index in [4.69, 9.17) is 0 Å². The van der Waals surface area contributed by atoms with Gasteiger partial charge in [-0.3, -0.25) is 4.79 Å². The first-order chi connectivity index (χ1) is 16.3. The van der Waals surface area contributed by atoms with Crippen molar-refractivity contribution in [3.8, 4) is 0 Å². The van der Waals surface area contributed by atoms with Crippen LogP contribution in [0, 0.1) is 0 Å². The highest BCUT2D eigenvalue weighted by Crippen LogP contribution is 2.37. The molecule has 0 atom stereocenters. The summed E-state index contributed by atoms with van der Waals surface area (Å²) in [6.45, 7) is 1.98. The van der Waals surface area contributed by atoms with Gasteiger partial charge in [0, 0.05) is 32.4 Å². The molecule has 1 amide bonds. The Balaban J connectivity index is 1.59. The van der Waals surface area contributed by atoms with E-state index >= 15 is 0 Å². The third-order valence-corrected chi connectivity index (χ3v) is 5.60. The van der Waals surface area contributed by atoms with E-state index in [0.29, 0.717) is 5.82 Å². The van der Waals surface area contributed by atoms with Crippen LogP contribution in [0.4, 0.5) is 41.9 Å². The smallest absolute Gasteiger partial charge is 0.370 e. The maximum Gasteiger partial charge on any atom is 0.419 e. The summed E-state index contributed by atoms with van der Waals surface area (Å²) >= 11 is 0. The Morgan fingerprint density at radius 1 is 0.912 bits per heavy atom. The number of piperidine rings is 1. The average molecular weight is 470 g/mol. The van der Waals surface area contributed by atoms with E-state index < -0.39 is 17.6 Å². The maximum atomic E-state index is 13.7. The summed E-state index contributed by atoms with van der Waals surface area (Å²) in [5, 5.41) is 8.20. The molecule has 3 aromatic rings. The second kappa shape index (κ2) is 9.98. The van der Waals surface area contributed by atoms with E-state index in [-0.39, 0.29) is 22.8 Å². The van der Waals surface area contributed by atoms with Gasteiger partial charge in [-0.25, -0.2) is 9.97 Å². The van der Waals surface area contributed by atoms with Crippen LogP contribution in [-0.2, 0) is 6.18 Å². The SMILES string of the molecule is CNC(=O)c1ccccc1Nc1cc(Nc2ccc(N3CCCCC3)cn2)ncc1C(F)(F)F. The standard InChI is InChI=1S/C24H25F3N6O/c1-28-23(34)17-7-3-4-8-19(17)31-20-13-22(30-15-18(20)24(25,26)27)32-21-10-9-16(14-29-21)33-11-5-2-6-12-33/h3-4,7-10,13-15H,2,5-6,11-12H2,1H3,(H,28,34)(H2,29,30,31,32). The van der Waals surface area contributed by atoms with Crippen LogP contribution in [0.5, 0.6) is 0 Å². The molecule has 4 rings (SSSR count). The minimum Gasteiger partial charge on any atom is -0.370 e. The first-order valence-corrected chi connectivity index (χ1v) is 11.0. The number of alkyl halides is 3. The fourth-order valence-corrected chi connectivity index (χ4v) is 3.85. The summed E-state index contributed by atoms with van der Waals surface area (Å²) in [5.74, 6) is 0.234. The molecule has 34 heavy (non-hydrogen) atoms. The fourth-order valence-electron chi connectivity index (χ4n) is 3.85. The van der Waals surface area contributed by atoms with Crippen LogP contribution in [0.25, 0.3) is 0 Å². The number of aromatic nitrogens is 2. The molecule has 1 aliphatic rings. The Hall–Kier alpha value is -3.82. The number of rotatable bonds is 6. The number of benzene rings is 1. The van der Waals surface area contributed by atoms with Crippen molar-refractivity contribution >= 4 is 34.6 Å². The molecule has 3 heterocycles. The molecule has 10 heteroatoms. The van der Waals surface area contributed by atoms with E-state index in [1.807, 2.05) is 6.07 Å². The highest BCUT2D eigenvalue weighted by Gasteiger charge is 2.34. The van der Waals surface area contributed by atoms with Gasteiger partial charge in [0.1, 0.15) is 11.6 Å². The summed E-state index contributed by atoms with van der Waals surface area (Å²) < 4.78 is 41.0. The molecule has 0 aliphatic carbocycles. The largest absolute Gasteiger partial charge is 0.419 e. The summed E-state index contributed by atoms with van der Waals surface area (Å²) in [6, 6.07) is 11.3. The fraction of sp³-hybridized carbons (Fsp3) is 0.292. The van der Waals surface area contributed by atoms with Crippen molar-refractivity contribution < 1.29 is 18.0 Å². The summed E-state index contributed by atoms with van der Waals surface area (Å²) in [6.07, 6.45) is 1.39. The lowest BCUT2D eigenvalue weighted by Crippen LogP contribution is -2.29. The number of carbonyl (C=O) groups excluding carboxylic acids is 1. The topological polar surface area (TPSA) is 82.2 Å². The second-order valence-electron chi connectivity index (χ2n) is 7.94. The van der Waals surface area contributed by atoms with Crippen LogP contribution in [0.2, 0.25) is 0 Å². The van der Waals surface area contributed by atoms with Crippen LogP contribution >= 0.6 is 0 Å². The van der Waals surface area contributed by atoms with Gasteiger partial charge in [-0.15, -0.1) is 0 Å². The molecule has 0 saturated carbocycles. The van der Waals surface area contributed by atoms with Gasteiger partial charge in [-0.05, 0) is 43.5 Å².